The van der Waals surface area contributed by atoms with Crippen LogP contribution in [0.1, 0.15) is 68.0 Å². The highest BCUT2D eigenvalue weighted by Crippen LogP contribution is 2.28. The van der Waals surface area contributed by atoms with Crippen LogP contribution in [0.3, 0.4) is 0 Å². The quantitative estimate of drug-likeness (QED) is 0.470. The fraction of sp³-hybridized carbons (Fsp3) is 0.304. The highest BCUT2D eigenvalue weighted by atomic mass is 19.3. The Labute approximate surface area is 192 Å². The summed E-state index contributed by atoms with van der Waals surface area (Å²) in [7, 11) is 0. The van der Waals surface area contributed by atoms with Crippen LogP contribution in [-0.4, -0.2) is 52.0 Å². The molecule has 3 heterocycles. The molecule has 0 saturated carbocycles. The van der Waals surface area contributed by atoms with Crippen molar-refractivity contribution in [2.24, 2.45) is 0 Å². The van der Waals surface area contributed by atoms with Crippen LogP contribution >= 0.6 is 0 Å². The molecule has 2 N–H and O–H groups in total. The van der Waals surface area contributed by atoms with Gasteiger partial charge in [0.2, 0.25) is 11.8 Å². The molecule has 1 saturated heterocycles. The van der Waals surface area contributed by atoms with Gasteiger partial charge in [-0.1, -0.05) is 6.07 Å². The first-order chi connectivity index (χ1) is 16.3. The second-order valence-corrected chi connectivity index (χ2v) is 7.92. The van der Waals surface area contributed by atoms with E-state index >= 15 is 0 Å². The number of alkyl halides is 2. The molecule has 1 aromatic carbocycles. The van der Waals surface area contributed by atoms with Crippen LogP contribution in [0.5, 0.6) is 0 Å². The smallest absolute Gasteiger partial charge is 0.281 e. The maximum absolute atomic E-state index is 13.0. The Morgan fingerprint density at radius 2 is 1.91 bits per heavy atom. The molecule has 1 atom stereocenters. The Bertz CT molecular complexity index is 1200. The molecule has 9 nitrogen and oxygen atoms in total. The van der Waals surface area contributed by atoms with Crippen LogP contribution < -0.4 is 10.6 Å². The Kier molecular flexibility index (Phi) is 6.44. The summed E-state index contributed by atoms with van der Waals surface area (Å²) in [6.45, 7) is 0.197. The number of benzene rings is 1. The average molecular weight is 470 g/mol. The number of halogens is 2. The number of carbonyl (C=O) groups is 5. The Hall–Kier alpha value is -4.02. The van der Waals surface area contributed by atoms with Crippen LogP contribution in [0.25, 0.3) is 0 Å². The lowest BCUT2D eigenvalue weighted by molar-refractivity contribution is -0.136. The second kappa shape index (κ2) is 9.46. The van der Waals surface area contributed by atoms with Gasteiger partial charge in [0.15, 0.2) is 0 Å². The van der Waals surface area contributed by atoms with Gasteiger partial charge in [0, 0.05) is 19.2 Å². The van der Waals surface area contributed by atoms with E-state index < -0.39 is 47.7 Å². The number of pyridine rings is 1. The number of carbonyl (C=O) groups excluding carboxylic acids is 5. The predicted molar refractivity (Wildman–Crippen MR) is 113 cm³/mol. The Morgan fingerprint density at radius 3 is 2.65 bits per heavy atom. The third-order valence-corrected chi connectivity index (χ3v) is 5.72. The van der Waals surface area contributed by atoms with Crippen LogP contribution in [0.15, 0.2) is 36.5 Å². The number of aromatic nitrogens is 1. The maximum atomic E-state index is 13.0. The minimum atomic E-state index is -2.87. The molecule has 34 heavy (non-hydrogen) atoms. The van der Waals surface area contributed by atoms with E-state index in [0.717, 1.165) is 10.5 Å². The molecule has 0 spiro atoms. The van der Waals surface area contributed by atoms with Gasteiger partial charge < -0.3 is 5.32 Å². The molecule has 2 aliphatic heterocycles. The van der Waals surface area contributed by atoms with E-state index in [1.54, 1.807) is 12.1 Å². The summed E-state index contributed by atoms with van der Waals surface area (Å²) in [6.07, 6.45) is -0.658. The molecule has 0 bridgehead atoms. The van der Waals surface area contributed by atoms with Crippen molar-refractivity contribution in [3.63, 3.8) is 0 Å². The summed E-state index contributed by atoms with van der Waals surface area (Å²) < 4.78 is 26.0. The summed E-state index contributed by atoms with van der Waals surface area (Å²) in [4.78, 5) is 65.8. The number of amides is 5. The van der Waals surface area contributed by atoms with Crippen LogP contribution in [-0.2, 0) is 16.0 Å². The minimum Gasteiger partial charge on any atom is -0.352 e. The van der Waals surface area contributed by atoms with Gasteiger partial charge in [0.1, 0.15) is 11.7 Å². The fourth-order valence-corrected chi connectivity index (χ4v) is 4.05. The molecule has 1 aromatic heterocycles. The topological polar surface area (TPSA) is 126 Å². The van der Waals surface area contributed by atoms with E-state index in [4.69, 9.17) is 0 Å². The molecule has 4 rings (SSSR count). The number of hydrogen-bond acceptors (Lipinski definition) is 6. The van der Waals surface area contributed by atoms with E-state index in [0.29, 0.717) is 12.8 Å². The van der Waals surface area contributed by atoms with Gasteiger partial charge in [-0.2, -0.15) is 0 Å². The van der Waals surface area contributed by atoms with Gasteiger partial charge in [-0.3, -0.25) is 39.2 Å². The van der Waals surface area contributed by atoms with Gasteiger partial charge in [-0.25, -0.2) is 8.78 Å². The van der Waals surface area contributed by atoms with Crippen molar-refractivity contribution < 1.29 is 32.8 Å². The molecule has 5 amide bonds. The number of nitrogens with one attached hydrogen (secondary N) is 2. The summed E-state index contributed by atoms with van der Waals surface area (Å²) >= 11 is 0. The van der Waals surface area contributed by atoms with Crippen LogP contribution in [0.2, 0.25) is 0 Å². The van der Waals surface area contributed by atoms with Crippen molar-refractivity contribution >= 4 is 29.5 Å². The number of hydrogen-bond donors (Lipinski definition) is 2. The fourth-order valence-electron chi connectivity index (χ4n) is 4.05. The minimum absolute atomic E-state index is 0.0403. The summed E-state index contributed by atoms with van der Waals surface area (Å²) in [5, 5.41) is 4.72. The van der Waals surface area contributed by atoms with Gasteiger partial charge in [-0.15, -0.1) is 0 Å². The van der Waals surface area contributed by atoms with Crippen molar-refractivity contribution in [3.05, 3.63) is 64.5 Å². The molecule has 2 aliphatic rings. The number of piperidine rings is 1. The lowest BCUT2D eigenvalue weighted by Crippen LogP contribution is -2.54. The Morgan fingerprint density at radius 1 is 1.15 bits per heavy atom. The van der Waals surface area contributed by atoms with Crippen LogP contribution in [0.4, 0.5) is 8.78 Å². The standard InChI is InChI=1S/C23H20F2N4O5/c24-19(25)18-14(4-2-9-26-18)20(31)27-10-1-3-12-5-6-13-15(11-12)23(34)29(22(13)33)16-7-8-17(30)28-21(16)32/h2,4-6,9,11,16,19H,1,3,7-8,10H2,(H,27,31)(H,28,30,32). The van der Waals surface area contributed by atoms with Crippen molar-refractivity contribution in [3.8, 4) is 0 Å². The highest BCUT2D eigenvalue weighted by molar-refractivity contribution is 6.23. The average Bonchev–Trinajstić information content (AvgIpc) is 3.06. The van der Waals surface area contributed by atoms with Gasteiger partial charge in [0.25, 0.3) is 24.1 Å². The molecule has 0 radical (unpaired) electrons. The zero-order valence-corrected chi connectivity index (χ0v) is 17.8. The molecular formula is C23H20F2N4O5. The second-order valence-electron chi connectivity index (χ2n) is 7.92. The first-order valence-electron chi connectivity index (χ1n) is 10.6. The van der Waals surface area contributed by atoms with Crippen molar-refractivity contribution in [2.45, 2.75) is 38.2 Å². The van der Waals surface area contributed by atoms with Gasteiger partial charge in [-0.05, 0) is 49.1 Å². The van der Waals surface area contributed by atoms with Crippen molar-refractivity contribution in [1.29, 1.82) is 0 Å². The predicted octanol–water partition coefficient (Wildman–Crippen LogP) is 1.78. The van der Waals surface area contributed by atoms with Crippen molar-refractivity contribution in [1.82, 2.24) is 20.5 Å². The molecular weight excluding hydrogens is 450 g/mol. The largest absolute Gasteiger partial charge is 0.352 e. The van der Waals surface area contributed by atoms with E-state index in [1.807, 2.05) is 0 Å². The molecule has 176 valence electrons. The van der Waals surface area contributed by atoms with Crippen LogP contribution in [0, 0.1) is 0 Å². The molecule has 2 aromatic rings. The lowest BCUT2D eigenvalue weighted by atomic mass is 10.0. The van der Waals surface area contributed by atoms with Gasteiger partial charge in [0.05, 0.1) is 16.7 Å². The monoisotopic (exact) mass is 470 g/mol. The van der Waals surface area contributed by atoms with E-state index in [9.17, 15) is 32.8 Å². The van der Waals surface area contributed by atoms with Gasteiger partial charge >= 0.3 is 0 Å². The summed E-state index contributed by atoms with van der Waals surface area (Å²) in [5.41, 5.74) is 0.319. The number of fused-ring (bicyclic) bond motifs is 1. The molecule has 11 heteroatoms. The first-order valence-corrected chi connectivity index (χ1v) is 10.6. The maximum Gasteiger partial charge on any atom is 0.281 e. The zero-order chi connectivity index (χ0) is 24.4. The SMILES string of the molecule is O=C1CCC(N2C(=O)c3ccc(CCCNC(=O)c4cccnc4C(F)F)cc3C2=O)C(=O)N1. The first kappa shape index (κ1) is 23.1. The molecule has 1 unspecified atom stereocenters. The van der Waals surface area contributed by atoms with E-state index in [2.05, 4.69) is 15.6 Å². The number of imide groups is 2. The molecule has 0 aliphatic carbocycles. The highest BCUT2D eigenvalue weighted by Gasteiger charge is 2.44. The number of rotatable bonds is 7. The Balaban J connectivity index is 1.37. The van der Waals surface area contributed by atoms with Crippen molar-refractivity contribution in [2.75, 3.05) is 6.54 Å². The third-order valence-electron chi connectivity index (χ3n) is 5.72. The normalized spacial score (nSPS) is 17.7. The zero-order valence-electron chi connectivity index (χ0n) is 17.8. The van der Waals surface area contributed by atoms with E-state index in [1.165, 1.54) is 24.4 Å². The third kappa shape index (κ3) is 4.41. The number of aryl methyl sites for hydroxylation is 1. The summed E-state index contributed by atoms with van der Waals surface area (Å²) in [6, 6.07) is 6.41. The van der Waals surface area contributed by atoms with E-state index in [-0.39, 0.29) is 36.1 Å². The molecule has 1 fully saturated rings. The lowest BCUT2D eigenvalue weighted by Gasteiger charge is -2.27. The summed E-state index contributed by atoms with van der Waals surface area (Å²) in [5.74, 6) is -2.95. The number of nitrogens with zero attached hydrogens (tertiary/aromatic N) is 2.